The van der Waals surface area contributed by atoms with Gasteiger partial charge in [0.15, 0.2) is 5.84 Å². The summed E-state index contributed by atoms with van der Waals surface area (Å²) in [5.74, 6) is 7.42. The SMILES string of the molecule is CN1[N]C(c2ccc(C#Cc3c4cc5ccccc5cc4cc4cc5ccccc5cc34)cc2)=NN(C)C1=O. The second-order valence-electron chi connectivity index (χ2n) is 9.77. The lowest BCUT2D eigenvalue weighted by molar-refractivity contribution is 0.155. The van der Waals surface area contributed by atoms with Gasteiger partial charge in [0.1, 0.15) is 0 Å². The molecule has 0 spiro atoms. The van der Waals surface area contributed by atoms with Crippen LogP contribution in [0.2, 0.25) is 0 Å². The molecule has 0 N–H and O–H groups in total. The van der Waals surface area contributed by atoms with Crippen molar-refractivity contribution in [3.8, 4) is 11.8 Å². The molecule has 1 radical (unpaired) electrons. The van der Waals surface area contributed by atoms with E-state index in [9.17, 15) is 4.79 Å². The first-order valence-electron chi connectivity index (χ1n) is 12.8. The molecule has 0 saturated carbocycles. The summed E-state index contributed by atoms with van der Waals surface area (Å²) < 4.78 is 0. The third-order valence-corrected chi connectivity index (χ3v) is 7.20. The Hall–Kier alpha value is -5.34. The molecule has 7 rings (SSSR count). The van der Waals surface area contributed by atoms with Crippen molar-refractivity contribution in [2.24, 2.45) is 5.10 Å². The van der Waals surface area contributed by atoms with Crippen LogP contribution in [0.25, 0.3) is 43.1 Å². The average Bonchev–Trinajstić information content (AvgIpc) is 2.96. The lowest BCUT2D eigenvalue weighted by Crippen LogP contribution is -2.48. The smallest absolute Gasteiger partial charge is 0.244 e. The van der Waals surface area contributed by atoms with Crippen LogP contribution >= 0.6 is 0 Å². The molecule has 1 aliphatic heterocycles. The van der Waals surface area contributed by atoms with E-state index >= 15 is 0 Å². The van der Waals surface area contributed by atoms with Gasteiger partial charge in [-0.2, -0.15) is 0 Å². The van der Waals surface area contributed by atoms with E-state index < -0.39 is 0 Å². The van der Waals surface area contributed by atoms with Gasteiger partial charge in [-0.05, 0) is 97.7 Å². The number of hydrazone groups is 1. The fourth-order valence-corrected chi connectivity index (χ4v) is 5.19. The lowest BCUT2D eigenvalue weighted by Gasteiger charge is -2.26. The highest BCUT2D eigenvalue weighted by Gasteiger charge is 2.24. The summed E-state index contributed by atoms with van der Waals surface area (Å²) in [6.45, 7) is 0. The van der Waals surface area contributed by atoms with E-state index in [4.69, 9.17) is 0 Å². The zero-order chi connectivity index (χ0) is 26.5. The average molecular weight is 504 g/mol. The molecule has 6 aromatic rings. The van der Waals surface area contributed by atoms with Crippen LogP contribution in [0.1, 0.15) is 16.7 Å². The summed E-state index contributed by atoms with van der Waals surface area (Å²) in [6, 6.07) is 35.7. The van der Waals surface area contributed by atoms with Crippen molar-refractivity contribution in [1.82, 2.24) is 15.4 Å². The van der Waals surface area contributed by atoms with Crippen LogP contribution in [-0.2, 0) is 0 Å². The molecule has 0 fully saturated rings. The van der Waals surface area contributed by atoms with Crippen molar-refractivity contribution in [3.05, 3.63) is 120 Å². The van der Waals surface area contributed by atoms with Crippen LogP contribution in [0.4, 0.5) is 4.79 Å². The largest absolute Gasteiger partial charge is 0.360 e. The Balaban J connectivity index is 1.38. The molecule has 0 atom stereocenters. The molecule has 0 aromatic heterocycles. The highest BCUT2D eigenvalue weighted by atomic mass is 16.2. The Kier molecular flexibility index (Phi) is 5.21. The normalized spacial score (nSPS) is 13.5. The highest BCUT2D eigenvalue weighted by Crippen LogP contribution is 2.33. The van der Waals surface area contributed by atoms with Crippen LogP contribution in [-0.4, -0.2) is 36.0 Å². The number of rotatable bonds is 1. The summed E-state index contributed by atoms with van der Waals surface area (Å²) in [5, 5.41) is 16.3. The predicted molar refractivity (Wildman–Crippen MR) is 158 cm³/mol. The Morgan fingerprint density at radius 1 is 0.590 bits per heavy atom. The summed E-state index contributed by atoms with van der Waals surface area (Å²) in [7, 11) is 3.24. The van der Waals surface area contributed by atoms with Gasteiger partial charge in [0.25, 0.3) is 0 Å². The van der Waals surface area contributed by atoms with E-state index in [1.807, 2.05) is 24.3 Å². The third-order valence-electron chi connectivity index (χ3n) is 7.20. The number of fused-ring (bicyclic) bond motifs is 4. The molecule has 2 amide bonds. The second kappa shape index (κ2) is 8.90. The molecule has 1 heterocycles. The number of nitrogens with zero attached hydrogens (tertiary/aromatic N) is 4. The standard InChI is InChI=1S/C34H23N4O/c1-37-34(39)38(2)36-33(35-37)23-14-11-22(12-15-23)13-16-30-31-20-26-9-5-3-7-24(26)17-28(31)19-29-18-25-8-4-6-10-27(25)21-32(29)30/h3-12,14-15,17-21H,1-2H3. The molecular formula is C34H23N4O. The maximum atomic E-state index is 11.9. The topological polar surface area (TPSA) is 50.0 Å². The van der Waals surface area contributed by atoms with Gasteiger partial charge < -0.3 is 0 Å². The molecule has 0 unspecified atom stereocenters. The fraction of sp³-hybridized carbons (Fsp3) is 0.0588. The van der Waals surface area contributed by atoms with Gasteiger partial charge in [-0.1, -0.05) is 60.4 Å². The minimum absolute atomic E-state index is 0.274. The second-order valence-corrected chi connectivity index (χ2v) is 9.77. The molecule has 0 bridgehead atoms. The zero-order valence-corrected chi connectivity index (χ0v) is 21.5. The molecular weight excluding hydrogens is 480 g/mol. The molecule has 0 aliphatic carbocycles. The van der Waals surface area contributed by atoms with Crippen LogP contribution in [0.5, 0.6) is 0 Å². The Morgan fingerprint density at radius 3 is 1.64 bits per heavy atom. The van der Waals surface area contributed by atoms with Crippen LogP contribution in [0.15, 0.2) is 108 Å². The number of hydrogen-bond donors (Lipinski definition) is 0. The van der Waals surface area contributed by atoms with Crippen molar-refractivity contribution < 1.29 is 4.79 Å². The molecule has 185 valence electrons. The molecule has 39 heavy (non-hydrogen) atoms. The van der Waals surface area contributed by atoms with Gasteiger partial charge in [0, 0.05) is 30.8 Å². The minimum atomic E-state index is -0.274. The summed E-state index contributed by atoms with van der Waals surface area (Å²) >= 11 is 0. The molecule has 5 nitrogen and oxygen atoms in total. The first-order valence-corrected chi connectivity index (χ1v) is 12.8. The van der Waals surface area contributed by atoms with Gasteiger partial charge in [-0.25, -0.2) is 14.8 Å². The van der Waals surface area contributed by atoms with E-state index in [1.54, 1.807) is 14.1 Å². The molecule has 6 aromatic carbocycles. The van der Waals surface area contributed by atoms with Crippen LogP contribution < -0.4 is 5.43 Å². The monoisotopic (exact) mass is 503 g/mol. The number of urea groups is 1. The van der Waals surface area contributed by atoms with E-state index in [-0.39, 0.29) is 6.03 Å². The van der Waals surface area contributed by atoms with Crippen molar-refractivity contribution in [2.45, 2.75) is 0 Å². The van der Waals surface area contributed by atoms with Crippen molar-refractivity contribution >= 4 is 55.0 Å². The fourth-order valence-electron chi connectivity index (χ4n) is 5.19. The first kappa shape index (κ1) is 22.8. The summed E-state index contributed by atoms with van der Waals surface area (Å²) in [6.07, 6.45) is 0. The molecule has 1 aliphatic rings. The van der Waals surface area contributed by atoms with Gasteiger partial charge in [-0.15, -0.1) is 10.5 Å². The maximum absolute atomic E-state index is 11.9. The predicted octanol–water partition coefficient (Wildman–Crippen LogP) is 6.88. The zero-order valence-electron chi connectivity index (χ0n) is 21.5. The van der Waals surface area contributed by atoms with E-state index in [2.05, 4.69) is 101 Å². The van der Waals surface area contributed by atoms with Gasteiger partial charge in [0.2, 0.25) is 0 Å². The van der Waals surface area contributed by atoms with Crippen molar-refractivity contribution in [1.29, 1.82) is 0 Å². The number of amides is 2. The van der Waals surface area contributed by atoms with Gasteiger partial charge in [-0.3, -0.25) is 0 Å². The number of carbonyl (C=O) groups excluding carboxylic acids is 1. The summed E-state index contributed by atoms with van der Waals surface area (Å²) in [5.41, 5.74) is 7.01. The number of hydrogen-bond acceptors (Lipinski definition) is 2. The van der Waals surface area contributed by atoms with Gasteiger partial charge >= 0.3 is 6.03 Å². The van der Waals surface area contributed by atoms with Crippen molar-refractivity contribution in [3.63, 3.8) is 0 Å². The van der Waals surface area contributed by atoms with Gasteiger partial charge in [0.05, 0.1) is 0 Å². The Morgan fingerprint density at radius 2 is 1.10 bits per heavy atom. The van der Waals surface area contributed by atoms with Crippen LogP contribution in [0, 0.1) is 11.8 Å². The lowest BCUT2D eigenvalue weighted by atomic mass is 9.92. The van der Waals surface area contributed by atoms with E-state index in [0.29, 0.717) is 5.84 Å². The number of benzene rings is 6. The molecule has 0 saturated heterocycles. The van der Waals surface area contributed by atoms with Crippen molar-refractivity contribution in [2.75, 3.05) is 14.1 Å². The maximum Gasteiger partial charge on any atom is 0.360 e. The first-order chi connectivity index (χ1) is 19.0. The highest BCUT2D eigenvalue weighted by molar-refractivity contribution is 6.12. The summed E-state index contributed by atoms with van der Waals surface area (Å²) in [4.78, 5) is 11.9. The number of carbonyl (C=O) groups is 1. The minimum Gasteiger partial charge on any atom is -0.244 e. The van der Waals surface area contributed by atoms with E-state index in [1.165, 1.54) is 42.3 Å². The number of amidine groups is 1. The van der Waals surface area contributed by atoms with Crippen LogP contribution in [0.3, 0.4) is 0 Å². The Labute approximate surface area is 225 Å². The van der Waals surface area contributed by atoms with E-state index in [0.717, 1.165) is 27.5 Å². The Bertz CT molecular complexity index is 1950. The molecule has 5 heteroatoms. The third kappa shape index (κ3) is 4.00. The quantitative estimate of drug-likeness (QED) is 0.178.